The fourth-order valence-corrected chi connectivity index (χ4v) is 2.59. The Morgan fingerprint density at radius 3 is 2.26 bits per heavy atom. The molecule has 0 unspecified atom stereocenters. The van der Waals surface area contributed by atoms with Gasteiger partial charge in [0.1, 0.15) is 0 Å². The summed E-state index contributed by atoms with van der Waals surface area (Å²) in [5, 5.41) is 15.5. The van der Waals surface area contributed by atoms with Crippen molar-refractivity contribution in [2.24, 2.45) is 0 Å². The van der Waals surface area contributed by atoms with Gasteiger partial charge >= 0.3 is 0 Å². The Bertz CT molecular complexity index is 773. The zero-order chi connectivity index (χ0) is 17.1. The molecule has 0 saturated heterocycles. The molecule has 1 amide bonds. The van der Waals surface area contributed by atoms with Crippen molar-refractivity contribution in [1.29, 1.82) is 0 Å². The van der Waals surface area contributed by atoms with Crippen LogP contribution in [0.25, 0.3) is 0 Å². The Kier molecular flexibility index (Phi) is 5.70. The van der Waals surface area contributed by atoms with E-state index >= 15 is 0 Å². The maximum absolute atomic E-state index is 12.1. The van der Waals surface area contributed by atoms with Gasteiger partial charge in [0.25, 0.3) is 5.91 Å². The summed E-state index contributed by atoms with van der Waals surface area (Å²) in [6.45, 7) is 1.84. The van der Waals surface area contributed by atoms with E-state index in [-0.39, 0.29) is 20.9 Å². The number of thiocarbonyl (C=S) groups is 1. The van der Waals surface area contributed by atoms with E-state index in [1.807, 2.05) is 6.92 Å². The topological polar surface area (TPSA) is 61.4 Å². The number of amides is 1. The molecule has 0 radical (unpaired) electrons. The molecule has 0 aliphatic carbocycles. The molecule has 0 aliphatic heterocycles. The van der Waals surface area contributed by atoms with E-state index in [0.29, 0.717) is 16.3 Å². The molecular formula is C15H11Cl3N2O2S. The molecule has 0 heterocycles. The minimum absolute atomic E-state index is 0.0597. The third kappa shape index (κ3) is 4.48. The fourth-order valence-electron chi connectivity index (χ4n) is 1.71. The van der Waals surface area contributed by atoms with Crippen molar-refractivity contribution < 1.29 is 9.90 Å². The SMILES string of the molecule is Cc1ccc(C(=O)NC(=S)Nc2cc(Cl)c(O)c(Cl)c2)cc1Cl. The number of hydrogen-bond acceptors (Lipinski definition) is 3. The van der Waals surface area contributed by atoms with Gasteiger partial charge < -0.3 is 10.4 Å². The third-order valence-electron chi connectivity index (χ3n) is 2.94. The number of benzene rings is 2. The van der Waals surface area contributed by atoms with Crippen LogP contribution in [0, 0.1) is 6.92 Å². The highest BCUT2D eigenvalue weighted by Gasteiger charge is 2.11. The highest BCUT2D eigenvalue weighted by molar-refractivity contribution is 7.80. The van der Waals surface area contributed by atoms with E-state index in [0.717, 1.165) is 5.56 Å². The summed E-state index contributed by atoms with van der Waals surface area (Å²) in [4.78, 5) is 12.1. The molecule has 0 spiro atoms. The number of aromatic hydroxyl groups is 1. The molecule has 0 atom stereocenters. The largest absolute Gasteiger partial charge is 0.505 e. The minimum atomic E-state index is -0.402. The zero-order valence-corrected chi connectivity index (χ0v) is 14.9. The predicted octanol–water partition coefficient (Wildman–Crippen LogP) is 4.79. The highest BCUT2D eigenvalue weighted by Crippen LogP contribution is 2.34. The first-order valence-electron chi connectivity index (χ1n) is 6.34. The summed E-state index contributed by atoms with van der Waals surface area (Å²) in [7, 11) is 0. The summed E-state index contributed by atoms with van der Waals surface area (Å²) in [6.07, 6.45) is 0. The van der Waals surface area contributed by atoms with Crippen molar-refractivity contribution >= 4 is 63.7 Å². The van der Waals surface area contributed by atoms with Gasteiger partial charge in [0.05, 0.1) is 10.0 Å². The maximum atomic E-state index is 12.1. The van der Waals surface area contributed by atoms with Gasteiger partial charge in [0.15, 0.2) is 10.9 Å². The molecule has 0 saturated carbocycles. The number of rotatable bonds is 2. The summed E-state index contributed by atoms with van der Waals surface area (Å²) in [5.74, 6) is -0.622. The van der Waals surface area contributed by atoms with E-state index in [9.17, 15) is 9.90 Å². The zero-order valence-electron chi connectivity index (χ0n) is 11.8. The van der Waals surface area contributed by atoms with Gasteiger partial charge in [0.2, 0.25) is 0 Å². The van der Waals surface area contributed by atoms with E-state index in [1.54, 1.807) is 18.2 Å². The molecule has 8 heteroatoms. The van der Waals surface area contributed by atoms with E-state index in [2.05, 4.69) is 10.6 Å². The smallest absolute Gasteiger partial charge is 0.257 e. The number of nitrogens with one attached hydrogen (secondary N) is 2. The number of carbonyl (C=O) groups excluding carboxylic acids is 1. The van der Waals surface area contributed by atoms with Crippen molar-refractivity contribution in [1.82, 2.24) is 5.32 Å². The van der Waals surface area contributed by atoms with E-state index in [1.165, 1.54) is 12.1 Å². The van der Waals surface area contributed by atoms with Gasteiger partial charge in [-0.15, -0.1) is 0 Å². The van der Waals surface area contributed by atoms with Crippen LogP contribution in [0.2, 0.25) is 15.1 Å². The molecule has 0 aromatic heterocycles. The summed E-state index contributed by atoms with van der Waals surface area (Å²) >= 11 is 22.7. The lowest BCUT2D eigenvalue weighted by Gasteiger charge is -2.11. The van der Waals surface area contributed by atoms with Crippen LogP contribution in [0.1, 0.15) is 15.9 Å². The first-order chi connectivity index (χ1) is 10.8. The summed E-state index contributed by atoms with van der Waals surface area (Å²) < 4.78 is 0. The maximum Gasteiger partial charge on any atom is 0.257 e. The van der Waals surface area contributed by atoms with Gasteiger partial charge in [-0.3, -0.25) is 10.1 Å². The Hall–Kier alpha value is -1.53. The highest BCUT2D eigenvalue weighted by atomic mass is 35.5. The van der Waals surface area contributed by atoms with Crippen molar-refractivity contribution in [2.45, 2.75) is 6.92 Å². The Morgan fingerprint density at radius 2 is 1.70 bits per heavy atom. The Balaban J connectivity index is 2.07. The van der Waals surface area contributed by atoms with Crippen molar-refractivity contribution in [3.63, 3.8) is 0 Å². The molecule has 0 aliphatic rings. The van der Waals surface area contributed by atoms with Crippen LogP contribution < -0.4 is 10.6 Å². The standard InChI is InChI=1S/C15H11Cl3N2O2S/c1-7-2-3-8(4-10(7)16)14(22)20-15(23)19-9-5-11(17)13(21)12(18)6-9/h2-6,21H,1H3,(H2,19,20,22,23). The number of halogens is 3. The van der Waals surface area contributed by atoms with Gasteiger partial charge in [-0.25, -0.2) is 0 Å². The molecule has 23 heavy (non-hydrogen) atoms. The molecule has 3 N–H and O–H groups in total. The van der Waals surface area contributed by atoms with Crippen LogP contribution in [0.3, 0.4) is 0 Å². The van der Waals surface area contributed by atoms with Gasteiger partial charge in [-0.1, -0.05) is 40.9 Å². The lowest BCUT2D eigenvalue weighted by Crippen LogP contribution is -2.34. The molecule has 2 rings (SSSR count). The normalized spacial score (nSPS) is 10.3. The first kappa shape index (κ1) is 17.8. The number of phenols is 1. The van der Waals surface area contributed by atoms with Crippen LogP contribution in [0.4, 0.5) is 5.69 Å². The number of carbonyl (C=O) groups is 1. The van der Waals surface area contributed by atoms with Gasteiger partial charge in [-0.05, 0) is 49.0 Å². The quantitative estimate of drug-likeness (QED) is 0.510. The van der Waals surface area contributed by atoms with Crippen LogP contribution in [-0.2, 0) is 0 Å². The molecule has 120 valence electrons. The van der Waals surface area contributed by atoms with Crippen molar-refractivity contribution in [2.75, 3.05) is 5.32 Å². The van der Waals surface area contributed by atoms with Crippen LogP contribution >= 0.6 is 47.0 Å². The fraction of sp³-hybridized carbons (Fsp3) is 0.0667. The second-order valence-electron chi connectivity index (χ2n) is 4.66. The lowest BCUT2D eigenvalue weighted by molar-refractivity contribution is 0.0977. The molecule has 2 aromatic carbocycles. The van der Waals surface area contributed by atoms with Crippen LogP contribution in [-0.4, -0.2) is 16.1 Å². The monoisotopic (exact) mass is 388 g/mol. The second kappa shape index (κ2) is 7.36. The minimum Gasteiger partial charge on any atom is -0.505 e. The molecular weight excluding hydrogens is 379 g/mol. The molecule has 0 fully saturated rings. The number of anilines is 1. The number of aryl methyl sites for hydroxylation is 1. The number of hydrogen-bond donors (Lipinski definition) is 3. The first-order valence-corrected chi connectivity index (χ1v) is 7.88. The van der Waals surface area contributed by atoms with Crippen molar-refractivity contribution in [3.05, 3.63) is 56.5 Å². The third-order valence-corrected chi connectivity index (χ3v) is 4.12. The summed E-state index contributed by atoms with van der Waals surface area (Å²) in [5.41, 5.74) is 1.69. The second-order valence-corrected chi connectivity index (χ2v) is 6.29. The Morgan fingerprint density at radius 1 is 1.09 bits per heavy atom. The molecule has 4 nitrogen and oxygen atoms in total. The average molecular weight is 390 g/mol. The van der Waals surface area contributed by atoms with E-state index in [4.69, 9.17) is 47.0 Å². The number of phenolic OH excluding ortho intramolecular Hbond substituents is 1. The molecule has 2 aromatic rings. The van der Waals surface area contributed by atoms with Gasteiger partial charge in [-0.2, -0.15) is 0 Å². The lowest BCUT2D eigenvalue weighted by atomic mass is 10.1. The molecule has 0 bridgehead atoms. The van der Waals surface area contributed by atoms with Crippen LogP contribution in [0.15, 0.2) is 30.3 Å². The van der Waals surface area contributed by atoms with Gasteiger partial charge in [0, 0.05) is 16.3 Å². The summed E-state index contributed by atoms with van der Waals surface area (Å²) in [6, 6.07) is 7.82. The average Bonchev–Trinajstić information content (AvgIpc) is 2.47. The van der Waals surface area contributed by atoms with E-state index < -0.39 is 5.91 Å². The van der Waals surface area contributed by atoms with Crippen LogP contribution in [0.5, 0.6) is 5.75 Å². The van der Waals surface area contributed by atoms with Crippen molar-refractivity contribution in [3.8, 4) is 5.75 Å². The predicted molar refractivity (Wildman–Crippen MR) is 98.0 cm³/mol. The Labute approximate surface area is 153 Å².